The summed E-state index contributed by atoms with van der Waals surface area (Å²) in [5.41, 5.74) is -13.6. The normalized spacial score (nSPS) is 11.7. The fraction of sp³-hybridized carbons (Fsp3) is 0.0882. The number of carbonyl (C=O) groups excluding carboxylic acids is 1. The summed E-state index contributed by atoms with van der Waals surface area (Å²) < 4.78 is 294. The summed E-state index contributed by atoms with van der Waals surface area (Å²) in [6.45, 7) is 0. The molecule has 24 heteroatoms. The highest BCUT2D eigenvalue weighted by Crippen LogP contribution is 2.30. The Morgan fingerprint density at radius 2 is 0.586 bits per heavy atom. The summed E-state index contributed by atoms with van der Waals surface area (Å²) >= 11 is 5.71. The highest BCUT2D eigenvalue weighted by molar-refractivity contribution is 7.96. The summed E-state index contributed by atoms with van der Waals surface area (Å²) in [5, 5.41) is 0.670. The van der Waals surface area contributed by atoms with Crippen molar-refractivity contribution in [2.24, 2.45) is 0 Å². The molecule has 310 valence electrons. The lowest BCUT2D eigenvalue weighted by molar-refractivity contribution is 0.102. The number of ketones is 1. The van der Waals surface area contributed by atoms with Crippen LogP contribution in [0.15, 0.2) is 24.3 Å². The molecule has 0 heterocycles. The first kappa shape index (κ1) is 45.8. The first-order valence-electron chi connectivity index (χ1n) is 14.9. The van der Waals surface area contributed by atoms with Crippen LogP contribution in [0.3, 0.4) is 0 Å². The van der Waals surface area contributed by atoms with Crippen molar-refractivity contribution in [1.29, 1.82) is 0 Å². The van der Waals surface area contributed by atoms with Crippen LogP contribution in [-0.2, 0) is 10.9 Å². The third-order valence-corrected chi connectivity index (χ3v) is 9.38. The Labute approximate surface area is 318 Å². The second-order valence-corrected chi connectivity index (χ2v) is 14.6. The molecular weight excluding hydrogens is 883 g/mol. The van der Waals surface area contributed by atoms with E-state index in [0.29, 0.717) is 10.8 Å². The van der Waals surface area contributed by atoms with E-state index in [1.54, 1.807) is 24.3 Å². The minimum atomic E-state index is -7.22. The van der Waals surface area contributed by atoms with E-state index in [4.69, 9.17) is 11.6 Å². The monoisotopic (exact) mass is 894 g/mol. The van der Waals surface area contributed by atoms with Gasteiger partial charge in [0.2, 0.25) is 5.78 Å². The van der Waals surface area contributed by atoms with E-state index in [2.05, 4.69) is 12.5 Å². The Balaban J connectivity index is 0.000000486. The average molecular weight is 895 g/mol. The average Bonchev–Trinajstić information content (AvgIpc) is 3.18. The van der Waals surface area contributed by atoms with Gasteiger partial charge in [-0.05, 0) is 35.2 Å². The van der Waals surface area contributed by atoms with Crippen LogP contribution in [0.1, 0.15) is 10.4 Å². The van der Waals surface area contributed by atoms with E-state index in [9.17, 15) is 57.5 Å². The molecule has 5 rings (SSSR count). The number of halogens is 21. The molecule has 0 unspecified atom stereocenters. The number of hydrogen-bond donors (Lipinski definition) is 0. The molecular formula is C34H12BClF20OS. The van der Waals surface area contributed by atoms with Gasteiger partial charge in [0, 0.05) is 10.6 Å². The van der Waals surface area contributed by atoms with Crippen LogP contribution in [0.4, 0.5) is 87.8 Å². The van der Waals surface area contributed by atoms with E-state index < -0.39 is 144 Å². The Kier molecular flexibility index (Phi) is 13.2. The van der Waals surface area contributed by atoms with Gasteiger partial charge in [-0.2, -0.15) is 0 Å². The standard InChI is InChI=1S/C24BF20.C10H12ClOS/c26-5-1(6(27)14(35)21(42)13(5)34)25(2-7(28)15(36)22(43)16(37)8(2)29,3-9(30)17(38)23(44)18(39)10(3)31)4-11(32)19(40)24(45)20(41)12(4)33;1-13(2)7-10(12)8-3-5-9(11)6-4-8/h;3-6H,7H2,1-2H3/q-1;+1. The van der Waals surface area contributed by atoms with E-state index in [-0.39, 0.29) is 16.7 Å². The fourth-order valence-electron chi connectivity index (χ4n) is 5.86. The predicted molar refractivity (Wildman–Crippen MR) is 169 cm³/mol. The van der Waals surface area contributed by atoms with Crippen molar-refractivity contribution < 1.29 is 92.6 Å². The van der Waals surface area contributed by atoms with Gasteiger partial charge in [0.15, 0.2) is 75.6 Å². The van der Waals surface area contributed by atoms with Crippen molar-refractivity contribution in [1.82, 2.24) is 0 Å². The predicted octanol–water partition coefficient (Wildman–Crippen LogP) is 8.25. The fourth-order valence-corrected chi connectivity index (χ4v) is 6.67. The molecule has 0 saturated heterocycles. The third kappa shape index (κ3) is 7.23. The highest BCUT2D eigenvalue weighted by Gasteiger charge is 2.52. The maximum Gasteiger partial charge on any atom is 0.211 e. The lowest BCUT2D eigenvalue weighted by Gasteiger charge is -2.44. The van der Waals surface area contributed by atoms with Gasteiger partial charge in [0.05, 0.1) is 12.5 Å². The molecule has 0 aliphatic heterocycles. The van der Waals surface area contributed by atoms with Crippen molar-refractivity contribution in [2.45, 2.75) is 0 Å². The Hall–Kier alpha value is -4.93. The minimum Gasteiger partial charge on any atom is -0.289 e. The topological polar surface area (TPSA) is 17.1 Å². The summed E-state index contributed by atoms with van der Waals surface area (Å²) in [5.74, 6) is -70.6. The van der Waals surface area contributed by atoms with Gasteiger partial charge >= 0.3 is 0 Å². The van der Waals surface area contributed by atoms with Gasteiger partial charge in [-0.1, -0.05) is 11.6 Å². The molecule has 5 aromatic carbocycles. The zero-order chi connectivity index (χ0) is 44.2. The molecule has 0 spiro atoms. The Morgan fingerprint density at radius 1 is 0.397 bits per heavy atom. The molecule has 0 saturated carbocycles. The number of carbonyl (C=O) groups is 1. The van der Waals surface area contributed by atoms with Crippen LogP contribution in [0.5, 0.6) is 0 Å². The lowest BCUT2D eigenvalue weighted by Crippen LogP contribution is -2.81. The zero-order valence-corrected chi connectivity index (χ0v) is 29.4. The molecule has 0 aliphatic carbocycles. The van der Waals surface area contributed by atoms with E-state index in [0.717, 1.165) is 5.56 Å². The third-order valence-electron chi connectivity index (χ3n) is 8.29. The number of hydrogen-bond acceptors (Lipinski definition) is 1. The van der Waals surface area contributed by atoms with E-state index >= 15 is 35.1 Å². The smallest absolute Gasteiger partial charge is 0.211 e. The molecule has 0 fully saturated rings. The van der Waals surface area contributed by atoms with Crippen LogP contribution >= 0.6 is 11.6 Å². The largest absolute Gasteiger partial charge is 0.289 e. The lowest BCUT2D eigenvalue weighted by atomic mass is 9.12. The summed E-state index contributed by atoms with van der Waals surface area (Å²) in [4.78, 5) is 11.5. The van der Waals surface area contributed by atoms with Gasteiger partial charge in [0.25, 0.3) is 0 Å². The molecule has 0 atom stereocenters. The molecule has 0 aliphatic rings. The molecule has 0 N–H and O–H groups in total. The van der Waals surface area contributed by atoms with E-state index in [1.807, 2.05) is 0 Å². The van der Waals surface area contributed by atoms with Crippen LogP contribution < -0.4 is 21.9 Å². The van der Waals surface area contributed by atoms with Crippen LogP contribution in [-0.4, -0.2) is 30.2 Å². The minimum absolute atomic E-state index is 0.166. The second-order valence-electron chi connectivity index (χ2n) is 11.9. The summed E-state index contributed by atoms with van der Waals surface area (Å²) in [6, 6.07) is 7.05. The SMILES string of the molecule is C[S+](C)CC(=O)c1ccc(Cl)cc1.Fc1c(F)c(F)c([B-](c2c(F)c(F)c(F)c(F)c2F)(c2c(F)c(F)c(F)c(F)c2F)c2c(F)c(F)c(F)c(F)c2F)c(F)c1F. The van der Waals surface area contributed by atoms with Crippen LogP contribution in [0, 0.1) is 116 Å². The Bertz CT molecular complexity index is 2110. The van der Waals surface area contributed by atoms with Crippen LogP contribution in [0.25, 0.3) is 0 Å². The second kappa shape index (κ2) is 16.7. The first-order chi connectivity index (χ1) is 26.8. The molecule has 5 aromatic rings. The van der Waals surface area contributed by atoms with Gasteiger partial charge in [-0.15, -0.1) is 21.9 Å². The molecule has 0 aromatic heterocycles. The summed E-state index contributed by atoms with van der Waals surface area (Å²) in [6.07, 6.45) is -3.09. The molecule has 58 heavy (non-hydrogen) atoms. The van der Waals surface area contributed by atoms with Gasteiger partial charge in [-0.3, -0.25) is 4.79 Å². The molecule has 0 bridgehead atoms. The van der Waals surface area contributed by atoms with Crippen molar-refractivity contribution in [2.75, 3.05) is 18.3 Å². The number of Topliss-reactive ketones (excluding diaryl/α,β-unsaturated/α-hetero) is 1. The molecule has 1 nitrogen and oxygen atoms in total. The van der Waals surface area contributed by atoms with Crippen molar-refractivity contribution >= 4 is 56.3 Å². The first-order valence-corrected chi connectivity index (χ1v) is 17.4. The van der Waals surface area contributed by atoms with Gasteiger partial charge in [-0.25, -0.2) is 87.8 Å². The quantitative estimate of drug-likeness (QED) is 0.0402. The maximum atomic E-state index is 15.4. The summed E-state index contributed by atoms with van der Waals surface area (Å²) in [7, 11) is 0.166. The zero-order valence-electron chi connectivity index (χ0n) is 27.8. The van der Waals surface area contributed by atoms with E-state index in [1.165, 1.54) is 0 Å². The van der Waals surface area contributed by atoms with Gasteiger partial charge < -0.3 is 0 Å². The number of benzene rings is 5. The van der Waals surface area contributed by atoms with Crippen molar-refractivity contribution in [3.63, 3.8) is 0 Å². The molecule has 0 radical (unpaired) electrons. The van der Waals surface area contributed by atoms with Crippen molar-refractivity contribution in [3.05, 3.63) is 151 Å². The maximum absolute atomic E-state index is 15.4. The number of rotatable bonds is 7. The Morgan fingerprint density at radius 3 is 0.776 bits per heavy atom. The van der Waals surface area contributed by atoms with Gasteiger partial charge in [0.1, 0.15) is 52.7 Å². The molecule has 0 amide bonds. The van der Waals surface area contributed by atoms with Crippen molar-refractivity contribution in [3.8, 4) is 0 Å². The highest BCUT2D eigenvalue weighted by atomic mass is 35.5. The van der Waals surface area contributed by atoms with Crippen LogP contribution in [0.2, 0.25) is 5.02 Å².